The fraction of sp³-hybridized carbons (Fsp3) is 0.357. The molecule has 1 unspecified atom stereocenters. The van der Waals surface area contributed by atoms with Crippen molar-refractivity contribution < 1.29 is 18.0 Å². The Hall–Kier alpha value is -3.24. The summed E-state index contributed by atoms with van der Waals surface area (Å²) < 4.78 is 41.7. The van der Waals surface area contributed by atoms with Crippen LogP contribution in [0, 0.1) is 6.92 Å². The molecule has 0 bridgehead atoms. The number of alkyl halides is 3. The molecule has 10 heteroatoms. The average molecular weight is 542 g/mol. The van der Waals surface area contributed by atoms with E-state index in [-0.39, 0.29) is 0 Å². The van der Waals surface area contributed by atoms with E-state index in [2.05, 4.69) is 33.0 Å². The van der Waals surface area contributed by atoms with Crippen molar-refractivity contribution in [3.63, 3.8) is 0 Å². The molecule has 1 saturated heterocycles. The van der Waals surface area contributed by atoms with Crippen molar-refractivity contribution in [3.05, 3.63) is 76.5 Å². The number of aromatic nitrogens is 1. The molecular weight excluding hydrogens is 511 g/mol. The summed E-state index contributed by atoms with van der Waals surface area (Å²) in [4.78, 5) is 21.9. The van der Waals surface area contributed by atoms with Crippen LogP contribution in [0.1, 0.15) is 18.2 Å². The van der Waals surface area contributed by atoms with Crippen LogP contribution >= 0.6 is 11.8 Å². The van der Waals surface area contributed by atoms with Gasteiger partial charge in [-0.1, -0.05) is 30.0 Å². The van der Waals surface area contributed by atoms with Crippen molar-refractivity contribution in [2.45, 2.75) is 31.8 Å². The zero-order chi connectivity index (χ0) is 27.0. The van der Waals surface area contributed by atoms with E-state index in [1.165, 1.54) is 10.6 Å². The first kappa shape index (κ1) is 26.4. The molecule has 38 heavy (non-hydrogen) atoms. The van der Waals surface area contributed by atoms with E-state index in [1.807, 2.05) is 25.1 Å². The number of primary amides is 1. The summed E-state index contributed by atoms with van der Waals surface area (Å²) in [6.45, 7) is 8.04. The smallest absolute Gasteiger partial charge is 0.368 e. The molecule has 1 amide bonds. The number of halogens is 3. The Kier molecular flexibility index (Phi) is 7.28. The molecule has 0 spiro atoms. The number of nitrogens with zero attached hydrogens (tertiary/aromatic N) is 4. The SMILES string of the molecule is Cc1ccc2c(N3CCN(CCc4cccc(N5C(C(F)(F)F)=C(C(N)=O)SC5C)c4)CC3)cccc2n1. The highest BCUT2D eigenvalue weighted by atomic mass is 32.2. The van der Waals surface area contributed by atoms with E-state index >= 15 is 0 Å². The summed E-state index contributed by atoms with van der Waals surface area (Å²) in [7, 11) is 0. The second-order valence-electron chi connectivity index (χ2n) is 9.67. The average Bonchev–Trinajstić information content (AvgIpc) is 3.25. The standard InChI is InChI=1S/C28H30F3N5OS/c1-18-9-10-22-23(33-18)7-4-8-24(22)35-15-13-34(14-16-35)12-11-20-5-3-6-21(17-20)36-19(2)38-25(27(32)37)26(36)28(29,30)31/h3-10,17,19H,11-16H2,1-2H3,(H2,32,37). The van der Waals surface area contributed by atoms with Gasteiger partial charge in [0.25, 0.3) is 5.91 Å². The van der Waals surface area contributed by atoms with E-state index in [0.717, 1.165) is 66.6 Å². The predicted octanol–water partition coefficient (Wildman–Crippen LogP) is 5.07. The van der Waals surface area contributed by atoms with E-state index in [1.54, 1.807) is 25.1 Å². The maximum absolute atomic E-state index is 13.9. The van der Waals surface area contributed by atoms with Gasteiger partial charge in [-0.2, -0.15) is 13.2 Å². The maximum atomic E-state index is 13.9. The Morgan fingerprint density at radius 3 is 2.53 bits per heavy atom. The predicted molar refractivity (Wildman–Crippen MR) is 147 cm³/mol. The molecule has 0 saturated carbocycles. The molecule has 0 aliphatic carbocycles. The van der Waals surface area contributed by atoms with Gasteiger partial charge in [0.1, 0.15) is 10.6 Å². The lowest BCUT2D eigenvalue weighted by Crippen LogP contribution is -2.47. The summed E-state index contributed by atoms with van der Waals surface area (Å²) in [6, 6.07) is 17.6. The highest BCUT2D eigenvalue weighted by Gasteiger charge is 2.48. The van der Waals surface area contributed by atoms with Crippen LogP contribution in [-0.4, -0.2) is 60.1 Å². The molecule has 1 fully saturated rings. The molecule has 5 rings (SSSR count). The molecule has 3 aromatic rings. The fourth-order valence-corrected chi connectivity index (χ4v) is 6.34. The number of benzene rings is 2. The van der Waals surface area contributed by atoms with E-state index in [4.69, 9.17) is 5.73 Å². The molecular formula is C28H30F3N5OS. The van der Waals surface area contributed by atoms with Gasteiger partial charge in [0.15, 0.2) is 0 Å². The number of hydrogen-bond donors (Lipinski definition) is 1. The number of piperazine rings is 1. The molecule has 1 aromatic heterocycles. The van der Waals surface area contributed by atoms with Crippen LogP contribution in [0.25, 0.3) is 10.9 Å². The molecule has 6 nitrogen and oxygen atoms in total. The van der Waals surface area contributed by atoms with Crippen LogP contribution in [-0.2, 0) is 11.2 Å². The number of thioether (sulfide) groups is 1. The van der Waals surface area contributed by atoms with Crippen LogP contribution in [0.15, 0.2) is 65.2 Å². The van der Waals surface area contributed by atoms with Crippen LogP contribution in [0.3, 0.4) is 0 Å². The third kappa shape index (κ3) is 5.33. The van der Waals surface area contributed by atoms with Crippen LogP contribution in [0.2, 0.25) is 0 Å². The van der Waals surface area contributed by atoms with Gasteiger partial charge in [0.2, 0.25) is 0 Å². The number of carbonyl (C=O) groups is 1. The number of aryl methyl sites for hydroxylation is 1. The van der Waals surface area contributed by atoms with Gasteiger partial charge in [-0.25, -0.2) is 0 Å². The first-order valence-electron chi connectivity index (χ1n) is 12.6. The highest BCUT2D eigenvalue weighted by molar-refractivity contribution is 8.05. The second kappa shape index (κ2) is 10.5. The Morgan fingerprint density at radius 1 is 1.08 bits per heavy atom. The van der Waals surface area contributed by atoms with Crippen molar-refractivity contribution in [2.75, 3.05) is 42.5 Å². The number of hydrogen-bond acceptors (Lipinski definition) is 6. The van der Waals surface area contributed by atoms with E-state index in [0.29, 0.717) is 12.1 Å². The minimum Gasteiger partial charge on any atom is -0.368 e. The van der Waals surface area contributed by atoms with Gasteiger partial charge in [-0.15, -0.1) is 0 Å². The zero-order valence-electron chi connectivity index (χ0n) is 21.3. The lowest BCUT2D eigenvalue weighted by atomic mass is 10.1. The number of fused-ring (bicyclic) bond motifs is 1. The molecule has 2 N–H and O–H groups in total. The number of amides is 1. The fourth-order valence-electron chi connectivity index (χ4n) is 5.23. The van der Waals surface area contributed by atoms with E-state index in [9.17, 15) is 18.0 Å². The Balaban J connectivity index is 1.24. The summed E-state index contributed by atoms with van der Waals surface area (Å²) in [5.74, 6) is -1.05. The van der Waals surface area contributed by atoms with Gasteiger partial charge in [0, 0.05) is 55.2 Å². The zero-order valence-corrected chi connectivity index (χ0v) is 22.1. The molecule has 0 radical (unpaired) electrons. The van der Waals surface area contributed by atoms with Gasteiger partial charge in [0.05, 0.1) is 10.9 Å². The molecule has 3 heterocycles. The normalized spacial score (nSPS) is 19.0. The summed E-state index contributed by atoms with van der Waals surface area (Å²) >= 11 is 0.847. The third-order valence-corrected chi connectivity index (χ3v) is 8.25. The molecule has 2 aromatic carbocycles. The summed E-state index contributed by atoms with van der Waals surface area (Å²) in [5, 5.41) is 0.565. The highest BCUT2D eigenvalue weighted by Crippen LogP contribution is 2.47. The van der Waals surface area contributed by atoms with E-state index < -0.39 is 28.1 Å². The van der Waals surface area contributed by atoms with Crippen LogP contribution < -0.4 is 15.5 Å². The monoisotopic (exact) mass is 541 g/mol. The number of pyridine rings is 1. The second-order valence-corrected chi connectivity index (χ2v) is 11.0. The number of carbonyl (C=O) groups excluding carboxylic acids is 1. The lowest BCUT2D eigenvalue weighted by Gasteiger charge is -2.36. The van der Waals surface area contributed by atoms with Crippen molar-refractivity contribution in [1.29, 1.82) is 0 Å². The summed E-state index contributed by atoms with van der Waals surface area (Å²) in [5.41, 5.74) is 8.86. The number of anilines is 2. The summed E-state index contributed by atoms with van der Waals surface area (Å²) in [6.07, 6.45) is -3.97. The molecule has 200 valence electrons. The minimum atomic E-state index is -4.68. The maximum Gasteiger partial charge on any atom is 0.432 e. The molecule has 2 aliphatic heterocycles. The Bertz CT molecular complexity index is 1380. The Morgan fingerprint density at radius 2 is 1.82 bits per heavy atom. The van der Waals surface area contributed by atoms with Gasteiger partial charge in [-0.3, -0.25) is 14.7 Å². The number of allylic oxidation sites excluding steroid dienone is 1. The first-order chi connectivity index (χ1) is 18.1. The van der Waals surface area contributed by atoms with Gasteiger partial charge in [-0.05, 0) is 62.2 Å². The van der Waals surface area contributed by atoms with Crippen LogP contribution in [0.5, 0.6) is 0 Å². The minimum absolute atomic E-state index is 0.413. The van der Waals surface area contributed by atoms with Crippen molar-refractivity contribution in [1.82, 2.24) is 9.88 Å². The van der Waals surface area contributed by atoms with Crippen molar-refractivity contribution in [2.24, 2.45) is 5.73 Å². The quantitative estimate of drug-likeness (QED) is 0.470. The van der Waals surface area contributed by atoms with Crippen LogP contribution in [0.4, 0.5) is 24.5 Å². The molecule has 2 aliphatic rings. The Labute approximate surface area is 224 Å². The van der Waals surface area contributed by atoms with Crippen molar-refractivity contribution in [3.8, 4) is 0 Å². The molecule has 1 atom stereocenters. The first-order valence-corrected chi connectivity index (χ1v) is 13.5. The van der Waals surface area contributed by atoms with Gasteiger partial charge >= 0.3 is 6.18 Å². The largest absolute Gasteiger partial charge is 0.432 e. The number of rotatable bonds is 6. The number of nitrogens with two attached hydrogens (primary N) is 1. The van der Waals surface area contributed by atoms with Gasteiger partial charge < -0.3 is 15.5 Å². The third-order valence-electron chi connectivity index (χ3n) is 7.07. The lowest BCUT2D eigenvalue weighted by molar-refractivity contribution is -0.115. The van der Waals surface area contributed by atoms with Crippen molar-refractivity contribution >= 4 is 39.9 Å². The topological polar surface area (TPSA) is 65.7 Å².